The van der Waals surface area contributed by atoms with E-state index in [1.807, 2.05) is 36.5 Å². The summed E-state index contributed by atoms with van der Waals surface area (Å²) in [6.07, 6.45) is 9.04. The Labute approximate surface area is 170 Å². The van der Waals surface area contributed by atoms with Gasteiger partial charge in [-0.3, -0.25) is 9.59 Å². The molecule has 0 atom stereocenters. The van der Waals surface area contributed by atoms with Crippen molar-refractivity contribution in [2.45, 2.75) is 38.1 Å². The lowest BCUT2D eigenvalue weighted by Crippen LogP contribution is -2.41. The number of carbonyl (C=O) groups excluding carboxylic acids is 2. The lowest BCUT2D eigenvalue weighted by atomic mass is 9.95. The zero-order chi connectivity index (χ0) is 20.1. The third-order valence-electron chi connectivity index (χ3n) is 5.39. The average molecular weight is 387 g/mol. The molecular weight excluding hydrogens is 362 g/mol. The molecule has 0 saturated heterocycles. The summed E-state index contributed by atoms with van der Waals surface area (Å²) in [7, 11) is 0. The lowest BCUT2D eigenvalue weighted by molar-refractivity contribution is -0.118. The molecule has 29 heavy (non-hydrogen) atoms. The fourth-order valence-electron chi connectivity index (χ4n) is 3.82. The molecule has 5 heteroatoms. The molecule has 1 aromatic heterocycles. The number of fused-ring (bicyclic) bond motifs is 1. The van der Waals surface area contributed by atoms with Crippen molar-refractivity contribution in [2.24, 2.45) is 0 Å². The smallest absolute Gasteiger partial charge is 0.268 e. The van der Waals surface area contributed by atoms with E-state index in [4.69, 9.17) is 0 Å². The minimum atomic E-state index is -0.296. The number of hydrogen-bond acceptors (Lipinski definition) is 2. The van der Waals surface area contributed by atoms with Gasteiger partial charge in [-0.25, -0.2) is 0 Å². The van der Waals surface area contributed by atoms with E-state index in [0.717, 1.165) is 42.1 Å². The largest absolute Gasteiger partial charge is 0.361 e. The quantitative estimate of drug-likeness (QED) is 0.568. The number of carbonyl (C=O) groups is 2. The summed E-state index contributed by atoms with van der Waals surface area (Å²) in [6.45, 7) is 0. The number of aromatic nitrogens is 1. The second kappa shape index (κ2) is 8.78. The summed E-state index contributed by atoms with van der Waals surface area (Å²) in [4.78, 5) is 29.0. The molecule has 3 aromatic rings. The predicted molar refractivity (Wildman–Crippen MR) is 115 cm³/mol. The molecular formula is C24H25N3O2. The van der Waals surface area contributed by atoms with Crippen molar-refractivity contribution in [3.8, 4) is 0 Å². The Morgan fingerprint density at radius 3 is 2.45 bits per heavy atom. The Morgan fingerprint density at radius 1 is 0.931 bits per heavy atom. The van der Waals surface area contributed by atoms with Crippen molar-refractivity contribution in [3.05, 3.63) is 77.6 Å². The number of nitrogens with one attached hydrogen (secondary N) is 3. The number of H-pyrrole nitrogens is 1. The number of rotatable bonds is 5. The highest BCUT2D eigenvalue weighted by molar-refractivity contribution is 6.06. The van der Waals surface area contributed by atoms with Gasteiger partial charge in [-0.2, -0.15) is 0 Å². The van der Waals surface area contributed by atoms with Gasteiger partial charge in [0.15, 0.2) is 0 Å². The van der Waals surface area contributed by atoms with Gasteiger partial charge < -0.3 is 15.6 Å². The van der Waals surface area contributed by atoms with Crippen LogP contribution in [0.5, 0.6) is 0 Å². The summed E-state index contributed by atoms with van der Waals surface area (Å²) in [5.41, 5.74) is 2.62. The van der Waals surface area contributed by atoms with Crippen LogP contribution in [0, 0.1) is 0 Å². The van der Waals surface area contributed by atoms with Gasteiger partial charge in [-0.1, -0.05) is 55.7 Å². The van der Waals surface area contributed by atoms with E-state index in [1.54, 1.807) is 30.3 Å². The minimum Gasteiger partial charge on any atom is -0.361 e. The topological polar surface area (TPSA) is 74.0 Å². The van der Waals surface area contributed by atoms with Crippen LogP contribution in [0.25, 0.3) is 17.0 Å². The van der Waals surface area contributed by atoms with Crippen LogP contribution >= 0.6 is 0 Å². The molecule has 2 amide bonds. The van der Waals surface area contributed by atoms with Crippen LogP contribution in [0.1, 0.15) is 48.0 Å². The van der Waals surface area contributed by atoms with Crippen LogP contribution in [-0.4, -0.2) is 22.8 Å². The highest BCUT2D eigenvalue weighted by Gasteiger charge is 2.20. The molecule has 1 aliphatic rings. The van der Waals surface area contributed by atoms with Gasteiger partial charge in [0.2, 0.25) is 0 Å². The molecule has 2 aromatic carbocycles. The zero-order valence-electron chi connectivity index (χ0n) is 16.3. The predicted octanol–water partition coefficient (Wildman–Crippen LogP) is 4.39. The Bertz CT molecular complexity index is 1030. The monoisotopic (exact) mass is 387 g/mol. The van der Waals surface area contributed by atoms with Crippen molar-refractivity contribution >= 4 is 28.8 Å². The molecule has 1 heterocycles. The first-order valence-electron chi connectivity index (χ1n) is 10.2. The summed E-state index contributed by atoms with van der Waals surface area (Å²) in [5, 5.41) is 6.93. The molecule has 1 aliphatic carbocycles. The second-order valence-electron chi connectivity index (χ2n) is 7.48. The molecule has 0 bridgehead atoms. The number of benzene rings is 2. The van der Waals surface area contributed by atoms with Gasteiger partial charge in [0, 0.05) is 34.3 Å². The maximum Gasteiger partial charge on any atom is 0.268 e. The fourth-order valence-corrected chi connectivity index (χ4v) is 3.82. The van der Waals surface area contributed by atoms with Crippen molar-refractivity contribution in [1.82, 2.24) is 15.6 Å². The molecule has 4 rings (SSSR count). The Balaban J connectivity index is 1.62. The molecule has 1 saturated carbocycles. The highest BCUT2D eigenvalue weighted by atomic mass is 16.2. The maximum absolute atomic E-state index is 13.0. The van der Waals surface area contributed by atoms with Gasteiger partial charge in [-0.05, 0) is 37.1 Å². The lowest BCUT2D eigenvalue weighted by Gasteiger charge is -2.23. The highest BCUT2D eigenvalue weighted by Crippen LogP contribution is 2.21. The molecule has 148 valence electrons. The Hall–Kier alpha value is -3.34. The molecule has 0 radical (unpaired) electrons. The summed E-state index contributed by atoms with van der Waals surface area (Å²) < 4.78 is 0. The van der Waals surface area contributed by atoms with Crippen LogP contribution in [-0.2, 0) is 4.79 Å². The first kappa shape index (κ1) is 19.0. The number of amides is 2. The van der Waals surface area contributed by atoms with E-state index < -0.39 is 0 Å². The standard InChI is InChI=1S/C24H25N3O2/c28-23(17-9-3-1-4-10-17)27-22(24(29)26-19-11-5-2-6-12-19)15-18-16-25-21-14-8-7-13-20(18)21/h1,3-4,7-10,13-16,19,25H,2,5-6,11-12H2,(H,26,29)(H,27,28)/b22-15+. The van der Waals surface area contributed by atoms with Gasteiger partial charge in [0.25, 0.3) is 11.8 Å². The molecule has 0 unspecified atom stereocenters. The van der Waals surface area contributed by atoms with E-state index in [-0.39, 0.29) is 23.6 Å². The fraction of sp³-hybridized carbons (Fsp3) is 0.250. The van der Waals surface area contributed by atoms with E-state index in [1.165, 1.54) is 6.42 Å². The minimum absolute atomic E-state index is 0.163. The number of aromatic amines is 1. The maximum atomic E-state index is 13.0. The second-order valence-corrected chi connectivity index (χ2v) is 7.48. The van der Waals surface area contributed by atoms with Crippen molar-refractivity contribution in [3.63, 3.8) is 0 Å². The van der Waals surface area contributed by atoms with Crippen LogP contribution in [0.3, 0.4) is 0 Å². The van der Waals surface area contributed by atoms with Crippen LogP contribution in [0.4, 0.5) is 0 Å². The first-order valence-corrected chi connectivity index (χ1v) is 10.2. The molecule has 0 spiro atoms. The van der Waals surface area contributed by atoms with E-state index in [0.29, 0.717) is 5.56 Å². The van der Waals surface area contributed by atoms with Crippen molar-refractivity contribution in [2.75, 3.05) is 0 Å². The Morgan fingerprint density at radius 2 is 1.66 bits per heavy atom. The third kappa shape index (κ3) is 4.57. The van der Waals surface area contributed by atoms with Crippen LogP contribution < -0.4 is 10.6 Å². The SMILES string of the molecule is O=C(NC1CCCCC1)/C(=C\c1c[nH]c2ccccc12)NC(=O)c1ccccc1. The molecule has 1 fully saturated rings. The van der Waals surface area contributed by atoms with E-state index in [2.05, 4.69) is 15.6 Å². The van der Waals surface area contributed by atoms with E-state index >= 15 is 0 Å². The van der Waals surface area contributed by atoms with Gasteiger partial charge in [-0.15, -0.1) is 0 Å². The van der Waals surface area contributed by atoms with Crippen molar-refractivity contribution < 1.29 is 9.59 Å². The molecule has 3 N–H and O–H groups in total. The van der Waals surface area contributed by atoms with Gasteiger partial charge >= 0.3 is 0 Å². The summed E-state index contributed by atoms with van der Waals surface area (Å²) in [6, 6.07) is 17.0. The average Bonchev–Trinajstić information content (AvgIpc) is 3.17. The van der Waals surface area contributed by atoms with Gasteiger partial charge in [0.1, 0.15) is 5.70 Å². The van der Waals surface area contributed by atoms with E-state index in [9.17, 15) is 9.59 Å². The zero-order valence-corrected chi connectivity index (χ0v) is 16.3. The summed E-state index contributed by atoms with van der Waals surface area (Å²) in [5.74, 6) is -0.540. The van der Waals surface area contributed by atoms with Crippen molar-refractivity contribution in [1.29, 1.82) is 0 Å². The van der Waals surface area contributed by atoms with Crippen LogP contribution in [0.2, 0.25) is 0 Å². The van der Waals surface area contributed by atoms with Gasteiger partial charge in [0.05, 0.1) is 0 Å². The first-order chi connectivity index (χ1) is 14.2. The number of para-hydroxylation sites is 1. The Kier molecular flexibility index (Phi) is 5.75. The number of hydrogen-bond donors (Lipinski definition) is 3. The normalized spacial score (nSPS) is 15.2. The van der Waals surface area contributed by atoms with Crippen LogP contribution in [0.15, 0.2) is 66.5 Å². The third-order valence-corrected chi connectivity index (χ3v) is 5.39. The molecule has 0 aliphatic heterocycles. The summed E-state index contributed by atoms with van der Waals surface area (Å²) >= 11 is 0. The molecule has 5 nitrogen and oxygen atoms in total.